The number of carbonyl (C=O) groups is 1. The van der Waals surface area contributed by atoms with Gasteiger partial charge < -0.3 is 40.7 Å². The van der Waals surface area contributed by atoms with E-state index < -0.39 is 40.3 Å². The third-order valence-corrected chi connectivity index (χ3v) is 11.5. The van der Waals surface area contributed by atoms with Crippen LogP contribution in [0.5, 0.6) is 0 Å². The first-order chi connectivity index (χ1) is 27.6. The summed E-state index contributed by atoms with van der Waals surface area (Å²) in [5, 5.41) is 55.0. The second-order valence-electron chi connectivity index (χ2n) is 14.2. The first kappa shape index (κ1) is 37.9. The van der Waals surface area contributed by atoms with Gasteiger partial charge in [0.2, 0.25) is 16.0 Å². The molecule has 3 aromatic carbocycles. The number of imidazole rings is 1. The lowest BCUT2D eigenvalue weighted by Gasteiger charge is -2.22. The van der Waals surface area contributed by atoms with E-state index in [9.17, 15) is 28.5 Å². The molecule has 4 heterocycles. The molecule has 2 amide bonds. The number of nitrogens with zero attached hydrogens (tertiary/aromatic N) is 8. The molecule has 6 aromatic rings. The molecular formula is C38H42N12O6S. The number of aliphatic hydroxyl groups is 3. The maximum absolute atomic E-state index is 13.0. The standard InChI is InChI=1S/C38H42N12O6S/c39-57(55,56)28-13-11-25(12-14-28)43-38(54)44-26-15-16-48(20-26)37-45-35(40-19-29(23-7-3-1-4-8-23)24-9-5-2-6-10-24)32-36(46-37)49(22-41-32)30-17-31(34(53)33(30)52)50-42-18-27(21-51)47-50/h1-14,18,22,26,29-31,33-34,51-53H,15-17,19-21H2,(H2,39,55,56)(H,40,45,46)(H2,43,44,54)/t26-,30-,31+,33+,34-/m1/s1. The number of aromatic nitrogens is 7. The molecule has 8 N–H and O–H groups in total. The van der Waals surface area contributed by atoms with Gasteiger partial charge in [-0.3, -0.25) is 0 Å². The van der Waals surface area contributed by atoms with E-state index in [1.807, 2.05) is 41.3 Å². The minimum atomic E-state index is -3.87. The number of urea groups is 1. The van der Waals surface area contributed by atoms with E-state index in [1.165, 1.54) is 35.3 Å². The van der Waals surface area contributed by atoms with Crippen molar-refractivity contribution in [2.24, 2.45) is 5.14 Å². The number of nitrogens with one attached hydrogen (secondary N) is 3. The maximum atomic E-state index is 13.0. The summed E-state index contributed by atoms with van der Waals surface area (Å²) in [7, 11) is -3.87. The molecule has 5 atom stereocenters. The number of fused-ring (bicyclic) bond motifs is 1. The van der Waals surface area contributed by atoms with Crippen LogP contribution < -0.4 is 26.0 Å². The van der Waals surface area contributed by atoms with Crippen molar-refractivity contribution in [1.82, 2.24) is 39.8 Å². The molecule has 0 unspecified atom stereocenters. The van der Waals surface area contributed by atoms with Crippen molar-refractivity contribution in [3.05, 3.63) is 114 Å². The second-order valence-corrected chi connectivity index (χ2v) is 15.8. The Labute approximate surface area is 327 Å². The van der Waals surface area contributed by atoms with E-state index in [2.05, 4.69) is 50.4 Å². The van der Waals surface area contributed by atoms with Crippen LogP contribution in [-0.4, -0.2) is 102 Å². The number of carbonyl (C=O) groups excluding carboxylic acids is 1. The summed E-state index contributed by atoms with van der Waals surface area (Å²) in [6.07, 6.45) is 1.45. The monoisotopic (exact) mass is 794 g/mol. The van der Waals surface area contributed by atoms with Gasteiger partial charge in [0.15, 0.2) is 17.0 Å². The zero-order valence-electron chi connectivity index (χ0n) is 30.6. The number of sulfonamides is 1. The van der Waals surface area contributed by atoms with Crippen molar-refractivity contribution in [3.63, 3.8) is 0 Å². The number of nitrogens with two attached hydrogens (primary N) is 1. The Morgan fingerprint density at radius 3 is 2.26 bits per heavy atom. The average Bonchev–Trinajstić information content (AvgIpc) is 4.03. The third kappa shape index (κ3) is 8.00. The molecule has 1 aliphatic heterocycles. The summed E-state index contributed by atoms with van der Waals surface area (Å²) < 4.78 is 25.0. The molecule has 1 saturated heterocycles. The fraction of sp³-hybridized carbons (Fsp3) is 0.316. The highest BCUT2D eigenvalue weighted by Gasteiger charge is 2.45. The van der Waals surface area contributed by atoms with Crippen molar-refractivity contribution < 1.29 is 28.5 Å². The predicted octanol–water partition coefficient (Wildman–Crippen LogP) is 2.11. The van der Waals surface area contributed by atoms with Crippen LogP contribution in [-0.2, 0) is 16.6 Å². The summed E-state index contributed by atoms with van der Waals surface area (Å²) in [6.45, 7) is 1.08. The number of hydrogen-bond acceptors (Lipinski definition) is 13. The number of anilines is 3. The fourth-order valence-electron chi connectivity index (χ4n) is 7.58. The van der Waals surface area contributed by atoms with Crippen LogP contribution in [0.3, 0.4) is 0 Å². The molecule has 0 spiro atoms. The van der Waals surface area contributed by atoms with Gasteiger partial charge in [-0.05, 0) is 48.2 Å². The number of benzene rings is 3. The molecule has 8 rings (SSSR count). The molecule has 0 bridgehead atoms. The summed E-state index contributed by atoms with van der Waals surface area (Å²) in [5.74, 6) is 0.834. The Morgan fingerprint density at radius 2 is 1.61 bits per heavy atom. The topological polar surface area (TPSA) is 252 Å². The Morgan fingerprint density at radius 1 is 0.930 bits per heavy atom. The lowest BCUT2D eigenvalue weighted by Crippen LogP contribution is -2.40. The fourth-order valence-corrected chi connectivity index (χ4v) is 8.10. The number of rotatable bonds is 12. The van der Waals surface area contributed by atoms with Gasteiger partial charge in [0.25, 0.3) is 0 Å². The van der Waals surface area contributed by atoms with Crippen LogP contribution in [0.15, 0.2) is 102 Å². The van der Waals surface area contributed by atoms with Crippen LogP contribution in [0.1, 0.15) is 47.7 Å². The normalized spacial score (nSPS) is 21.0. The minimum absolute atomic E-state index is 0.0318. The highest BCUT2D eigenvalue weighted by molar-refractivity contribution is 7.89. The van der Waals surface area contributed by atoms with Gasteiger partial charge in [-0.15, -0.1) is 0 Å². The highest BCUT2D eigenvalue weighted by Crippen LogP contribution is 2.40. The van der Waals surface area contributed by atoms with Crippen LogP contribution >= 0.6 is 0 Å². The molecule has 57 heavy (non-hydrogen) atoms. The molecule has 2 fully saturated rings. The van der Waals surface area contributed by atoms with E-state index in [0.717, 1.165) is 11.1 Å². The Balaban J connectivity index is 1.07. The number of hydrogen-bond donors (Lipinski definition) is 7. The molecule has 19 heteroatoms. The van der Waals surface area contributed by atoms with Crippen LogP contribution in [0.4, 0.5) is 22.2 Å². The largest absolute Gasteiger partial charge is 0.390 e. The summed E-state index contributed by atoms with van der Waals surface area (Å²) in [6, 6.07) is 23.9. The summed E-state index contributed by atoms with van der Waals surface area (Å²) >= 11 is 0. The van der Waals surface area contributed by atoms with Crippen molar-refractivity contribution in [3.8, 4) is 0 Å². The number of aliphatic hydroxyl groups excluding tert-OH is 3. The molecule has 0 radical (unpaired) electrons. The Kier molecular flexibility index (Phi) is 10.6. The Hall–Kier alpha value is -5.99. The minimum Gasteiger partial charge on any atom is -0.390 e. The van der Waals surface area contributed by atoms with Gasteiger partial charge in [-0.1, -0.05) is 60.7 Å². The summed E-state index contributed by atoms with van der Waals surface area (Å²) in [4.78, 5) is 30.9. The summed E-state index contributed by atoms with van der Waals surface area (Å²) in [5.41, 5.74) is 3.90. The molecule has 296 valence electrons. The molecular weight excluding hydrogens is 753 g/mol. The number of amides is 2. The lowest BCUT2D eigenvalue weighted by molar-refractivity contribution is 0.00491. The maximum Gasteiger partial charge on any atom is 0.319 e. The molecule has 18 nitrogen and oxygen atoms in total. The zero-order chi connectivity index (χ0) is 39.7. The van der Waals surface area contributed by atoms with Crippen LogP contribution in [0, 0.1) is 0 Å². The zero-order valence-corrected chi connectivity index (χ0v) is 31.4. The average molecular weight is 795 g/mol. The van der Waals surface area contributed by atoms with E-state index in [0.29, 0.717) is 60.4 Å². The van der Waals surface area contributed by atoms with E-state index in [4.69, 9.17) is 20.1 Å². The van der Waals surface area contributed by atoms with Gasteiger partial charge in [0.05, 0.1) is 30.1 Å². The number of primary sulfonamides is 1. The molecule has 1 aliphatic carbocycles. The third-order valence-electron chi connectivity index (χ3n) is 10.5. The Bertz CT molecular complexity index is 2410. The quantitative estimate of drug-likeness (QED) is 0.0939. The first-order valence-corrected chi connectivity index (χ1v) is 20.0. The SMILES string of the molecule is NS(=O)(=O)c1ccc(NC(=O)N[C@@H]2CCN(c3nc(NCC(c4ccccc4)c4ccccc4)c4ncn([C@@H]5C[C@H](n6ncc(CO)n6)[C@@H](O)[C@H]5O)c4n3)C2)cc1. The first-order valence-electron chi connectivity index (χ1n) is 18.5. The van der Waals surface area contributed by atoms with E-state index >= 15 is 0 Å². The molecule has 1 saturated carbocycles. The van der Waals surface area contributed by atoms with Gasteiger partial charge in [-0.25, -0.2) is 23.3 Å². The van der Waals surface area contributed by atoms with Crippen molar-refractivity contribution >= 4 is 44.7 Å². The van der Waals surface area contributed by atoms with Crippen molar-refractivity contribution in [2.75, 3.05) is 35.2 Å². The van der Waals surface area contributed by atoms with Gasteiger partial charge in [-0.2, -0.15) is 25.0 Å². The molecule has 3 aromatic heterocycles. The van der Waals surface area contributed by atoms with Crippen LogP contribution in [0.2, 0.25) is 0 Å². The van der Waals surface area contributed by atoms with E-state index in [-0.39, 0.29) is 29.9 Å². The predicted molar refractivity (Wildman–Crippen MR) is 210 cm³/mol. The van der Waals surface area contributed by atoms with Gasteiger partial charge >= 0.3 is 6.03 Å². The highest BCUT2D eigenvalue weighted by atomic mass is 32.2. The van der Waals surface area contributed by atoms with Crippen molar-refractivity contribution in [1.29, 1.82) is 0 Å². The van der Waals surface area contributed by atoms with E-state index in [1.54, 1.807) is 10.9 Å². The van der Waals surface area contributed by atoms with Gasteiger partial charge in [0.1, 0.15) is 23.9 Å². The second kappa shape index (κ2) is 15.9. The van der Waals surface area contributed by atoms with Crippen molar-refractivity contribution in [2.45, 2.75) is 60.6 Å². The molecule has 2 aliphatic rings. The van der Waals surface area contributed by atoms with Crippen LogP contribution in [0.25, 0.3) is 11.2 Å². The smallest absolute Gasteiger partial charge is 0.319 e. The lowest BCUT2D eigenvalue weighted by atomic mass is 9.91. The van der Waals surface area contributed by atoms with Gasteiger partial charge in [0, 0.05) is 37.3 Å².